The molecule has 0 atom stereocenters. The molecule has 4 aromatic rings. The van der Waals surface area contributed by atoms with E-state index in [-0.39, 0.29) is 22.1 Å². The molecule has 12 nitrogen and oxygen atoms in total. The van der Waals surface area contributed by atoms with Gasteiger partial charge in [0.25, 0.3) is 20.2 Å². The molecule has 0 saturated carbocycles. The molecule has 0 saturated heterocycles. The summed E-state index contributed by atoms with van der Waals surface area (Å²) in [5.41, 5.74) is -0.702. The average molecular weight is 558 g/mol. The summed E-state index contributed by atoms with van der Waals surface area (Å²) < 4.78 is 72.6. The van der Waals surface area contributed by atoms with Crippen molar-refractivity contribution in [3.8, 4) is 17.2 Å². The van der Waals surface area contributed by atoms with Crippen LogP contribution in [0.2, 0.25) is 0 Å². The molecule has 0 bridgehead atoms. The number of ether oxygens (including phenoxy) is 1. The molecule has 1 amide bonds. The monoisotopic (exact) mass is 557 g/mol. The molecule has 0 heterocycles. The molecule has 0 fully saturated rings. The van der Waals surface area contributed by atoms with Crippen molar-refractivity contribution in [1.82, 2.24) is 0 Å². The summed E-state index contributed by atoms with van der Waals surface area (Å²) >= 11 is 0. The highest BCUT2D eigenvalue weighted by Crippen LogP contribution is 2.45. The number of azo groups is 1. The number of amides is 1. The Morgan fingerprint density at radius 1 is 0.842 bits per heavy atom. The Hall–Kier alpha value is -4.37. The zero-order valence-electron chi connectivity index (χ0n) is 19.4. The lowest BCUT2D eigenvalue weighted by Crippen LogP contribution is -2.08. The number of para-hydroxylation sites is 1. The number of phenolic OH excluding ortho intramolecular Hbond substituents is 1. The second kappa shape index (κ2) is 10.2. The summed E-state index contributed by atoms with van der Waals surface area (Å²) in [6, 6.07) is 17.7. The summed E-state index contributed by atoms with van der Waals surface area (Å²) in [5, 5.41) is 20.6. The highest BCUT2D eigenvalue weighted by Gasteiger charge is 2.25. The number of hydrogen-bond acceptors (Lipinski definition) is 9. The average Bonchev–Trinajstić information content (AvgIpc) is 2.83. The second-order valence-corrected chi connectivity index (χ2v) is 10.7. The van der Waals surface area contributed by atoms with E-state index in [9.17, 15) is 35.8 Å². The topological polar surface area (TPSA) is 192 Å². The zero-order valence-corrected chi connectivity index (χ0v) is 21.1. The van der Waals surface area contributed by atoms with E-state index >= 15 is 0 Å². The van der Waals surface area contributed by atoms with E-state index in [1.165, 1.54) is 12.1 Å². The van der Waals surface area contributed by atoms with Crippen LogP contribution in [0.25, 0.3) is 10.8 Å². The lowest BCUT2D eigenvalue weighted by Gasteiger charge is -2.14. The number of aromatic hydroxyl groups is 1. The molecular weight excluding hydrogens is 538 g/mol. The van der Waals surface area contributed by atoms with Gasteiger partial charge in [0.15, 0.2) is 5.75 Å². The SMILES string of the molecule is CC(=O)Nc1cc(S(=O)(=O)O)cc2cc(S(=O)(=O)O)c(N=Nc3ccc(Oc4ccccc4)cc3)c(O)c12. The number of carbonyl (C=O) groups is 1. The van der Waals surface area contributed by atoms with Gasteiger partial charge in [-0.3, -0.25) is 13.9 Å². The van der Waals surface area contributed by atoms with E-state index < -0.39 is 47.4 Å². The maximum absolute atomic E-state index is 12.1. The van der Waals surface area contributed by atoms with Gasteiger partial charge in [-0.2, -0.15) is 21.9 Å². The fourth-order valence-electron chi connectivity index (χ4n) is 3.50. The zero-order chi connectivity index (χ0) is 27.7. The highest BCUT2D eigenvalue weighted by atomic mass is 32.2. The van der Waals surface area contributed by atoms with Crippen LogP contribution < -0.4 is 10.1 Å². The van der Waals surface area contributed by atoms with Crippen molar-refractivity contribution >= 4 is 54.0 Å². The molecule has 0 spiro atoms. The van der Waals surface area contributed by atoms with E-state index in [0.717, 1.165) is 25.1 Å². The lowest BCUT2D eigenvalue weighted by atomic mass is 10.1. The first-order chi connectivity index (χ1) is 17.8. The molecule has 4 N–H and O–H groups in total. The largest absolute Gasteiger partial charge is 0.505 e. The Morgan fingerprint density at radius 2 is 1.47 bits per heavy atom. The number of nitrogens with one attached hydrogen (secondary N) is 1. The first-order valence-electron chi connectivity index (χ1n) is 10.6. The molecule has 4 rings (SSSR count). The summed E-state index contributed by atoms with van der Waals surface area (Å²) in [6.07, 6.45) is 0. The number of benzene rings is 4. The van der Waals surface area contributed by atoms with Crippen LogP contribution in [0.5, 0.6) is 17.2 Å². The molecule has 38 heavy (non-hydrogen) atoms. The highest BCUT2D eigenvalue weighted by molar-refractivity contribution is 7.86. The fraction of sp³-hybridized carbons (Fsp3) is 0.0417. The molecule has 0 aliphatic rings. The van der Waals surface area contributed by atoms with Crippen LogP contribution in [0.15, 0.2) is 92.8 Å². The van der Waals surface area contributed by atoms with Gasteiger partial charge < -0.3 is 15.2 Å². The smallest absolute Gasteiger partial charge is 0.296 e. The summed E-state index contributed by atoms with van der Waals surface area (Å²) in [4.78, 5) is 10.1. The maximum atomic E-state index is 12.1. The normalized spacial score (nSPS) is 12.1. The van der Waals surface area contributed by atoms with Crippen molar-refractivity contribution < 1.29 is 40.6 Å². The minimum Gasteiger partial charge on any atom is -0.505 e. The number of carbonyl (C=O) groups excluding carboxylic acids is 1. The molecule has 4 aromatic carbocycles. The Balaban J connectivity index is 1.83. The fourth-order valence-corrected chi connectivity index (χ4v) is 4.70. The minimum atomic E-state index is -5.01. The van der Waals surface area contributed by atoms with E-state index in [4.69, 9.17) is 4.74 Å². The molecule has 0 aliphatic carbocycles. The van der Waals surface area contributed by atoms with Crippen molar-refractivity contribution in [1.29, 1.82) is 0 Å². The second-order valence-electron chi connectivity index (χ2n) is 7.88. The van der Waals surface area contributed by atoms with Gasteiger partial charge >= 0.3 is 0 Å². The Kier molecular flexibility index (Phi) is 7.15. The number of fused-ring (bicyclic) bond motifs is 1. The van der Waals surface area contributed by atoms with E-state index in [2.05, 4.69) is 15.5 Å². The van der Waals surface area contributed by atoms with Crippen LogP contribution in [-0.4, -0.2) is 37.0 Å². The Labute approximate surface area is 216 Å². The molecule has 14 heteroatoms. The predicted molar refractivity (Wildman–Crippen MR) is 137 cm³/mol. The molecule has 196 valence electrons. The number of nitrogens with zero attached hydrogens (tertiary/aromatic N) is 2. The van der Waals surface area contributed by atoms with Crippen LogP contribution in [0.1, 0.15) is 6.92 Å². The van der Waals surface area contributed by atoms with Gasteiger partial charge in [0, 0.05) is 12.3 Å². The van der Waals surface area contributed by atoms with E-state index in [1.54, 1.807) is 24.3 Å². The van der Waals surface area contributed by atoms with Crippen molar-refractivity contribution in [2.75, 3.05) is 5.32 Å². The predicted octanol–water partition coefficient (Wildman–Crippen LogP) is 5.20. The van der Waals surface area contributed by atoms with Crippen LogP contribution in [0.4, 0.5) is 17.1 Å². The molecular formula is C24H19N3O9S2. The van der Waals surface area contributed by atoms with Crippen LogP contribution in [0.3, 0.4) is 0 Å². The van der Waals surface area contributed by atoms with Gasteiger partial charge in [-0.25, -0.2) is 0 Å². The molecule has 0 aliphatic heterocycles. The summed E-state index contributed by atoms with van der Waals surface area (Å²) in [7, 11) is -9.80. The van der Waals surface area contributed by atoms with Crippen molar-refractivity contribution in [2.24, 2.45) is 10.2 Å². The first-order valence-corrected chi connectivity index (χ1v) is 13.5. The quantitative estimate of drug-likeness (QED) is 0.174. The van der Waals surface area contributed by atoms with Crippen LogP contribution in [0, 0.1) is 0 Å². The van der Waals surface area contributed by atoms with Gasteiger partial charge in [-0.15, -0.1) is 5.11 Å². The minimum absolute atomic E-state index is 0.208. The number of phenols is 1. The maximum Gasteiger partial charge on any atom is 0.296 e. The number of rotatable bonds is 7. The third-order valence-corrected chi connectivity index (χ3v) is 6.79. The van der Waals surface area contributed by atoms with Crippen molar-refractivity contribution in [3.63, 3.8) is 0 Å². The van der Waals surface area contributed by atoms with Crippen molar-refractivity contribution in [2.45, 2.75) is 16.7 Å². The molecule has 0 unspecified atom stereocenters. The summed E-state index contributed by atoms with van der Waals surface area (Å²) in [6.45, 7) is 1.11. The lowest BCUT2D eigenvalue weighted by molar-refractivity contribution is -0.114. The number of hydrogen-bond donors (Lipinski definition) is 4. The van der Waals surface area contributed by atoms with Crippen LogP contribution in [-0.2, 0) is 25.0 Å². The van der Waals surface area contributed by atoms with Gasteiger partial charge in [0.1, 0.15) is 22.1 Å². The first kappa shape index (κ1) is 26.7. The number of anilines is 1. The van der Waals surface area contributed by atoms with Crippen LogP contribution >= 0.6 is 0 Å². The van der Waals surface area contributed by atoms with Gasteiger partial charge in [0.2, 0.25) is 5.91 Å². The summed E-state index contributed by atoms with van der Waals surface area (Å²) in [5.74, 6) is -0.392. The molecule has 0 radical (unpaired) electrons. The standard InChI is InChI=1S/C24H19N3O9S2/c1-14(28)25-20-13-19(37(30,31)32)11-15-12-21(38(33,34)35)23(24(29)22(15)20)27-26-16-7-9-18(10-8-16)36-17-5-3-2-4-6-17/h2-13,29H,1H3,(H,25,28)(H,30,31,32)(H,33,34,35). The van der Waals surface area contributed by atoms with Gasteiger partial charge in [-0.05, 0) is 60.0 Å². The third kappa shape index (κ3) is 5.95. The van der Waals surface area contributed by atoms with E-state index in [0.29, 0.717) is 11.5 Å². The van der Waals surface area contributed by atoms with Gasteiger partial charge in [-0.1, -0.05) is 18.2 Å². The third-order valence-electron chi connectivity index (χ3n) is 5.09. The Morgan fingerprint density at radius 3 is 2.05 bits per heavy atom. The van der Waals surface area contributed by atoms with Gasteiger partial charge in [0.05, 0.1) is 16.3 Å². The van der Waals surface area contributed by atoms with E-state index in [1.807, 2.05) is 18.2 Å². The Bertz CT molecular complexity index is 1790. The van der Waals surface area contributed by atoms with Crippen molar-refractivity contribution in [3.05, 3.63) is 72.8 Å². The molecule has 0 aromatic heterocycles.